The molecule has 0 spiro atoms. The molecule has 0 N–H and O–H groups in total. The van der Waals surface area contributed by atoms with Crippen LogP contribution in [0.1, 0.15) is 39.0 Å². The molecule has 5 rings (SSSR count). The number of carbonyl (C=O) groups excluding carboxylic acids is 1. The number of amides is 1. The topological polar surface area (TPSA) is 63.4 Å². The lowest BCUT2D eigenvalue weighted by atomic mass is 9.98. The average molecular weight is 457 g/mol. The van der Waals surface area contributed by atoms with Gasteiger partial charge in [-0.2, -0.15) is 0 Å². The van der Waals surface area contributed by atoms with Crippen molar-refractivity contribution in [2.45, 2.75) is 19.9 Å². The number of thiazole rings is 1. The average Bonchev–Trinajstić information content (AvgIpc) is 3.26. The van der Waals surface area contributed by atoms with Crippen LogP contribution in [0.25, 0.3) is 11.0 Å². The minimum atomic E-state index is -0.714. The van der Waals surface area contributed by atoms with Crippen molar-refractivity contribution in [2.75, 3.05) is 4.90 Å². The minimum absolute atomic E-state index is 0.0280. The van der Waals surface area contributed by atoms with Gasteiger partial charge in [-0.15, -0.1) is 11.3 Å². The summed E-state index contributed by atoms with van der Waals surface area (Å²) in [4.78, 5) is 32.9. The zero-order chi connectivity index (χ0) is 21.2. The highest BCUT2D eigenvalue weighted by Gasteiger charge is 2.45. The van der Waals surface area contributed by atoms with E-state index in [0.29, 0.717) is 31.7 Å². The summed E-state index contributed by atoms with van der Waals surface area (Å²) in [5.74, 6) is -0.379. The van der Waals surface area contributed by atoms with E-state index < -0.39 is 11.9 Å². The Morgan fingerprint density at radius 1 is 1.07 bits per heavy atom. The van der Waals surface area contributed by atoms with Gasteiger partial charge < -0.3 is 4.42 Å². The smallest absolute Gasteiger partial charge is 0.297 e. The molecule has 4 aromatic rings. The molecule has 1 aliphatic rings. The molecule has 1 aliphatic heterocycles. The lowest BCUT2D eigenvalue weighted by Gasteiger charge is -2.22. The molecule has 0 unspecified atom stereocenters. The number of hydrogen-bond acceptors (Lipinski definition) is 5. The number of halogens is 2. The molecule has 5 nitrogen and oxygen atoms in total. The van der Waals surface area contributed by atoms with Crippen LogP contribution in [-0.2, 0) is 0 Å². The Kier molecular flexibility index (Phi) is 4.47. The van der Waals surface area contributed by atoms with Gasteiger partial charge >= 0.3 is 0 Å². The highest BCUT2D eigenvalue weighted by molar-refractivity contribution is 7.14. The van der Waals surface area contributed by atoms with Crippen molar-refractivity contribution >= 4 is 56.5 Å². The molecular weight excluding hydrogens is 443 g/mol. The predicted molar refractivity (Wildman–Crippen MR) is 119 cm³/mol. The van der Waals surface area contributed by atoms with E-state index in [1.165, 1.54) is 16.2 Å². The van der Waals surface area contributed by atoms with Gasteiger partial charge in [0.1, 0.15) is 5.58 Å². The van der Waals surface area contributed by atoms with Gasteiger partial charge in [-0.05, 0) is 43.7 Å². The second-order valence-electron chi connectivity index (χ2n) is 7.20. The van der Waals surface area contributed by atoms with E-state index in [2.05, 4.69) is 4.98 Å². The van der Waals surface area contributed by atoms with E-state index in [0.717, 1.165) is 11.3 Å². The quantitative estimate of drug-likeness (QED) is 0.375. The zero-order valence-electron chi connectivity index (χ0n) is 15.9. The van der Waals surface area contributed by atoms with Gasteiger partial charge in [0.15, 0.2) is 10.6 Å². The number of aryl methyl sites for hydroxylation is 2. The fourth-order valence-electron chi connectivity index (χ4n) is 3.73. The number of benzene rings is 2. The summed E-state index contributed by atoms with van der Waals surface area (Å²) in [6.07, 6.45) is 0. The molecule has 150 valence electrons. The van der Waals surface area contributed by atoms with Gasteiger partial charge in [0.05, 0.1) is 32.7 Å². The molecule has 0 aliphatic carbocycles. The third-order valence-electron chi connectivity index (χ3n) is 5.10. The van der Waals surface area contributed by atoms with E-state index in [-0.39, 0.29) is 16.8 Å². The van der Waals surface area contributed by atoms with E-state index in [9.17, 15) is 9.59 Å². The normalized spacial score (nSPS) is 15.8. The van der Waals surface area contributed by atoms with Crippen molar-refractivity contribution in [3.05, 3.63) is 90.2 Å². The number of carbonyl (C=O) groups is 1. The second kappa shape index (κ2) is 6.94. The van der Waals surface area contributed by atoms with Crippen LogP contribution in [0.4, 0.5) is 5.13 Å². The Bertz CT molecular complexity index is 1410. The van der Waals surface area contributed by atoms with Gasteiger partial charge in [-0.3, -0.25) is 14.5 Å². The van der Waals surface area contributed by atoms with Crippen LogP contribution in [0.15, 0.2) is 51.0 Å². The maximum atomic E-state index is 13.5. The van der Waals surface area contributed by atoms with E-state index >= 15 is 0 Å². The van der Waals surface area contributed by atoms with Gasteiger partial charge in [-0.1, -0.05) is 40.9 Å². The van der Waals surface area contributed by atoms with Crippen LogP contribution in [-0.4, -0.2) is 10.9 Å². The first-order chi connectivity index (χ1) is 14.3. The van der Waals surface area contributed by atoms with Gasteiger partial charge in [0.2, 0.25) is 5.76 Å². The number of nitrogens with zero attached hydrogens (tertiary/aromatic N) is 2. The van der Waals surface area contributed by atoms with Crippen LogP contribution in [0, 0.1) is 13.8 Å². The molecule has 0 bridgehead atoms. The van der Waals surface area contributed by atoms with Crippen LogP contribution < -0.4 is 10.3 Å². The standard InChI is InChI=1S/C22H14Cl2N2O3S/c1-10-3-6-16-13(7-10)19(27)17-18(12-4-5-14(23)15(24)8-12)26(21(28)20(17)29-16)22-25-11(2)9-30-22/h3-9,18H,1-2H3/t18-/m0/s1. The molecule has 1 atom stereocenters. The Balaban J connectivity index is 1.84. The van der Waals surface area contributed by atoms with E-state index in [4.69, 9.17) is 27.6 Å². The highest BCUT2D eigenvalue weighted by atomic mass is 35.5. The summed E-state index contributed by atoms with van der Waals surface area (Å²) in [6.45, 7) is 3.75. The number of aromatic nitrogens is 1. The number of fused-ring (bicyclic) bond motifs is 2. The molecule has 2 aromatic carbocycles. The summed E-state index contributed by atoms with van der Waals surface area (Å²) in [5.41, 5.74) is 2.79. The van der Waals surface area contributed by atoms with Gasteiger partial charge in [0, 0.05) is 5.38 Å². The lowest BCUT2D eigenvalue weighted by molar-refractivity contribution is 0.0971. The molecular formula is C22H14Cl2N2O3S. The summed E-state index contributed by atoms with van der Waals surface area (Å²) in [5, 5.41) is 3.50. The fourth-order valence-corrected chi connectivity index (χ4v) is 4.87. The first-order valence-electron chi connectivity index (χ1n) is 9.13. The molecule has 0 fully saturated rings. The van der Waals surface area contributed by atoms with Crippen molar-refractivity contribution in [1.82, 2.24) is 4.98 Å². The Hall–Kier alpha value is -2.67. The Labute approximate surface area is 185 Å². The monoisotopic (exact) mass is 456 g/mol. The van der Waals surface area contributed by atoms with Crippen molar-refractivity contribution < 1.29 is 9.21 Å². The minimum Gasteiger partial charge on any atom is -0.450 e. The molecule has 0 saturated heterocycles. The number of hydrogen-bond donors (Lipinski definition) is 0. The Morgan fingerprint density at radius 2 is 1.87 bits per heavy atom. The molecule has 30 heavy (non-hydrogen) atoms. The Morgan fingerprint density at radius 3 is 2.57 bits per heavy atom. The third-order valence-corrected chi connectivity index (χ3v) is 6.79. The predicted octanol–water partition coefficient (Wildman–Crippen LogP) is 5.92. The molecule has 3 heterocycles. The van der Waals surface area contributed by atoms with Crippen LogP contribution in [0.2, 0.25) is 10.0 Å². The largest absolute Gasteiger partial charge is 0.450 e. The van der Waals surface area contributed by atoms with Crippen molar-refractivity contribution in [3.8, 4) is 0 Å². The molecule has 0 saturated carbocycles. The first kappa shape index (κ1) is 19.3. The van der Waals surface area contributed by atoms with Crippen LogP contribution in [0.5, 0.6) is 0 Å². The summed E-state index contributed by atoms with van der Waals surface area (Å²) < 4.78 is 5.94. The summed E-state index contributed by atoms with van der Waals surface area (Å²) >= 11 is 13.7. The molecule has 8 heteroatoms. The van der Waals surface area contributed by atoms with Crippen molar-refractivity contribution in [3.63, 3.8) is 0 Å². The van der Waals surface area contributed by atoms with Crippen molar-refractivity contribution in [2.24, 2.45) is 0 Å². The maximum absolute atomic E-state index is 13.5. The van der Waals surface area contributed by atoms with E-state index in [1.54, 1.807) is 30.3 Å². The maximum Gasteiger partial charge on any atom is 0.297 e. The highest BCUT2D eigenvalue weighted by Crippen LogP contribution is 2.43. The number of rotatable bonds is 2. The fraction of sp³-hybridized carbons (Fsp3) is 0.136. The van der Waals surface area contributed by atoms with Crippen molar-refractivity contribution in [1.29, 1.82) is 0 Å². The van der Waals surface area contributed by atoms with Gasteiger partial charge in [-0.25, -0.2) is 4.98 Å². The zero-order valence-corrected chi connectivity index (χ0v) is 18.2. The first-order valence-corrected chi connectivity index (χ1v) is 10.8. The molecule has 1 amide bonds. The molecule has 2 aromatic heterocycles. The SMILES string of the molecule is Cc1ccc2oc3c(c(=O)c2c1)[C@H](c1ccc(Cl)c(Cl)c1)N(c1nc(C)cs1)C3=O. The number of anilines is 1. The van der Waals surface area contributed by atoms with Gasteiger partial charge in [0.25, 0.3) is 5.91 Å². The second-order valence-corrected chi connectivity index (χ2v) is 8.85. The third kappa shape index (κ3) is 2.87. The summed E-state index contributed by atoms with van der Waals surface area (Å²) in [7, 11) is 0. The van der Waals surface area contributed by atoms with Crippen LogP contribution in [0.3, 0.4) is 0 Å². The summed E-state index contributed by atoms with van der Waals surface area (Å²) in [6, 6.07) is 9.70. The lowest BCUT2D eigenvalue weighted by Crippen LogP contribution is -2.29. The molecule has 0 radical (unpaired) electrons. The van der Waals surface area contributed by atoms with Crippen LogP contribution >= 0.6 is 34.5 Å². The van der Waals surface area contributed by atoms with E-state index in [1.807, 2.05) is 25.3 Å².